The molecule has 23 heavy (non-hydrogen) atoms. The van der Waals surface area contributed by atoms with E-state index in [2.05, 4.69) is 54.9 Å². The van der Waals surface area contributed by atoms with Crippen molar-refractivity contribution in [3.8, 4) is 0 Å². The van der Waals surface area contributed by atoms with Gasteiger partial charge in [-0.1, -0.05) is 29.8 Å². The maximum atomic E-state index is 12.8. The molecule has 2 saturated carbocycles. The lowest BCUT2D eigenvalue weighted by molar-refractivity contribution is -0.137. The van der Waals surface area contributed by atoms with E-state index in [-0.39, 0.29) is 11.5 Å². The first-order valence-corrected chi connectivity index (χ1v) is 9.09. The molecule has 0 spiro atoms. The molecule has 1 aromatic carbocycles. The quantitative estimate of drug-likeness (QED) is 0.747. The lowest BCUT2D eigenvalue weighted by Crippen LogP contribution is -2.36. The molecule has 1 amide bonds. The molecule has 1 aromatic heterocycles. The number of carbonyl (C=O) groups excluding carboxylic acids is 1. The maximum Gasteiger partial charge on any atom is 0.229 e. The van der Waals surface area contributed by atoms with Gasteiger partial charge in [0.15, 0.2) is 0 Å². The first-order valence-electron chi connectivity index (χ1n) is 8.30. The second-order valence-corrected chi connectivity index (χ2v) is 8.57. The number of amides is 1. The molecule has 2 aliphatic carbocycles. The Balaban J connectivity index is 1.72. The highest BCUT2D eigenvalue weighted by atomic mass is 79.9. The minimum Gasteiger partial charge on any atom is -0.459 e. The lowest BCUT2D eigenvalue weighted by atomic mass is 9.98. The number of rotatable bonds is 4. The zero-order chi connectivity index (χ0) is 16.5. The predicted octanol–water partition coefficient (Wildman–Crippen LogP) is 5.07. The zero-order valence-electron chi connectivity index (χ0n) is 14.0. The monoisotopic (exact) mass is 375 g/mol. The number of hydrogen-bond acceptors (Lipinski definition) is 2. The molecule has 1 heterocycles. The van der Waals surface area contributed by atoms with Crippen molar-refractivity contribution in [2.45, 2.75) is 39.7 Å². The van der Waals surface area contributed by atoms with Gasteiger partial charge in [0.25, 0.3) is 0 Å². The minimum atomic E-state index is -0.00991. The standard InChI is InChI=1S/C19H22BrNO2/c1-10(2)16(21(4)18(22)19-8-13(19)9-19)15-7-12-6-14(20)5-11(3)17(12)23-15/h5-7,10,13,16H,8-9H2,1-4H3. The predicted molar refractivity (Wildman–Crippen MR) is 94.2 cm³/mol. The van der Waals surface area contributed by atoms with Crippen LogP contribution in [0.15, 0.2) is 27.1 Å². The van der Waals surface area contributed by atoms with E-state index < -0.39 is 0 Å². The van der Waals surface area contributed by atoms with Crippen LogP contribution in [-0.2, 0) is 4.79 Å². The number of hydrogen-bond donors (Lipinski definition) is 0. The third kappa shape index (κ3) is 2.25. The summed E-state index contributed by atoms with van der Waals surface area (Å²) < 4.78 is 7.23. The van der Waals surface area contributed by atoms with Crippen LogP contribution < -0.4 is 0 Å². The van der Waals surface area contributed by atoms with Crippen LogP contribution >= 0.6 is 15.9 Å². The highest BCUT2D eigenvalue weighted by molar-refractivity contribution is 9.10. The summed E-state index contributed by atoms with van der Waals surface area (Å²) >= 11 is 3.54. The number of benzene rings is 1. The number of furan rings is 1. The molecule has 0 saturated heterocycles. The molecule has 122 valence electrons. The highest BCUT2D eigenvalue weighted by Crippen LogP contribution is 2.76. The molecule has 4 rings (SSSR count). The zero-order valence-corrected chi connectivity index (χ0v) is 15.6. The average Bonchev–Trinajstić information content (AvgIpc) is 3.27. The van der Waals surface area contributed by atoms with Gasteiger partial charge >= 0.3 is 0 Å². The smallest absolute Gasteiger partial charge is 0.229 e. The molecule has 2 aliphatic rings. The first kappa shape index (κ1) is 15.3. The molecule has 0 bridgehead atoms. The molecule has 0 radical (unpaired) electrons. The van der Waals surface area contributed by atoms with E-state index in [1.54, 1.807) is 0 Å². The molecular formula is C19H22BrNO2. The summed E-state index contributed by atoms with van der Waals surface area (Å²) in [6.07, 6.45) is 2.18. The summed E-state index contributed by atoms with van der Waals surface area (Å²) in [7, 11) is 1.94. The van der Waals surface area contributed by atoms with Gasteiger partial charge in [-0.15, -0.1) is 0 Å². The normalized spacial score (nSPS) is 26.3. The van der Waals surface area contributed by atoms with Crippen molar-refractivity contribution in [1.29, 1.82) is 0 Å². The van der Waals surface area contributed by atoms with E-state index >= 15 is 0 Å². The average molecular weight is 376 g/mol. The topological polar surface area (TPSA) is 33.5 Å². The maximum absolute atomic E-state index is 12.8. The summed E-state index contributed by atoms with van der Waals surface area (Å²) in [6.45, 7) is 6.36. The summed E-state index contributed by atoms with van der Waals surface area (Å²) in [5, 5.41) is 1.09. The van der Waals surface area contributed by atoms with Crippen molar-refractivity contribution in [2.75, 3.05) is 7.05 Å². The van der Waals surface area contributed by atoms with Crippen LogP contribution in [0.2, 0.25) is 0 Å². The van der Waals surface area contributed by atoms with E-state index in [1.807, 2.05) is 11.9 Å². The molecule has 3 nitrogen and oxygen atoms in total. The van der Waals surface area contributed by atoms with Crippen molar-refractivity contribution in [3.05, 3.63) is 34.0 Å². The van der Waals surface area contributed by atoms with Crippen LogP contribution in [0.25, 0.3) is 11.0 Å². The molecular weight excluding hydrogens is 354 g/mol. The molecule has 0 aliphatic heterocycles. The van der Waals surface area contributed by atoms with E-state index in [9.17, 15) is 4.79 Å². The van der Waals surface area contributed by atoms with Crippen molar-refractivity contribution < 1.29 is 9.21 Å². The number of nitrogens with zero attached hydrogens (tertiary/aromatic N) is 1. The van der Waals surface area contributed by atoms with Gasteiger partial charge in [-0.3, -0.25) is 4.79 Å². The summed E-state index contributed by atoms with van der Waals surface area (Å²) in [6, 6.07) is 6.22. The Hall–Kier alpha value is -1.29. The Kier molecular flexibility index (Phi) is 3.22. The lowest BCUT2D eigenvalue weighted by Gasteiger charge is -2.30. The SMILES string of the molecule is Cc1cc(Br)cc2cc(C(C(C)C)N(C)C(=O)C34CC3C4)oc12. The van der Waals surface area contributed by atoms with Crippen molar-refractivity contribution in [1.82, 2.24) is 4.90 Å². The first-order chi connectivity index (χ1) is 10.8. The summed E-state index contributed by atoms with van der Waals surface area (Å²) in [4.78, 5) is 14.7. The van der Waals surface area contributed by atoms with E-state index in [0.29, 0.717) is 17.7 Å². The Labute approximate surface area is 145 Å². The van der Waals surface area contributed by atoms with Gasteiger partial charge < -0.3 is 9.32 Å². The molecule has 4 heteroatoms. The third-order valence-electron chi connectivity index (χ3n) is 5.55. The number of carbonyl (C=O) groups is 1. The Morgan fingerprint density at radius 3 is 2.57 bits per heavy atom. The molecule has 2 fully saturated rings. The van der Waals surface area contributed by atoms with Crippen molar-refractivity contribution >= 4 is 32.8 Å². The van der Waals surface area contributed by atoms with Crippen LogP contribution in [0.4, 0.5) is 0 Å². The van der Waals surface area contributed by atoms with Crippen LogP contribution in [0.3, 0.4) is 0 Å². The fourth-order valence-corrected chi connectivity index (χ4v) is 4.53. The third-order valence-corrected chi connectivity index (χ3v) is 6.01. The van der Waals surface area contributed by atoms with Gasteiger partial charge in [0.1, 0.15) is 11.3 Å². The number of aryl methyl sites for hydroxylation is 1. The van der Waals surface area contributed by atoms with E-state index in [4.69, 9.17) is 4.42 Å². The van der Waals surface area contributed by atoms with Crippen molar-refractivity contribution in [2.24, 2.45) is 17.3 Å². The second kappa shape index (κ2) is 4.85. The fraction of sp³-hybridized carbons (Fsp3) is 0.526. The van der Waals surface area contributed by atoms with Crippen LogP contribution in [0, 0.1) is 24.2 Å². The van der Waals surface area contributed by atoms with Crippen molar-refractivity contribution in [3.63, 3.8) is 0 Å². The molecule has 1 atom stereocenters. The Bertz CT molecular complexity index is 801. The van der Waals surface area contributed by atoms with Gasteiger partial charge in [0.2, 0.25) is 5.91 Å². The van der Waals surface area contributed by atoms with E-state index in [0.717, 1.165) is 39.6 Å². The van der Waals surface area contributed by atoms with Crippen LogP contribution in [0.5, 0.6) is 0 Å². The van der Waals surface area contributed by atoms with Crippen LogP contribution in [0.1, 0.15) is 44.1 Å². The summed E-state index contributed by atoms with van der Waals surface area (Å²) in [5.74, 6) is 2.17. The van der Waals surface area contributed by atoms with Crippen LogP contribution in [-0.4, -0.2) is 17.9 Å². The van der Waals surface area contributed by atoms with Gasteiger partial charge in [0.05, 0.1) is 11.5 Å². The minimum absolute atomic E-state index is 0.00680. The van der Waals surface area contributed by atoms with Gasteiger partial charge in [0, 0.05) is 16.9 Å². The second-order valence-electron chi connectivity index (χ2n) is 7.66. The van der Waals surface area contributed by atoms with Gasteiger partial charge in [-0.25, -0.2) is 0 Å². The van der Waals surface area contributed by atoms with Gasteiger partial charge in [-0.05, 0) is 55.4 Å². The van der Waals surface area contributed by atoms with E-state index in [1.165, 1.54) is 0 Å². The molecule has 1 unspecified atom stereocenters. The number of fused-ring (bicyclic) bond motifs is 2. The van der Waals surface area contributed by atoms with Gasteiger partial charge in [-0.2, -0.15) is 0 Å². The molecule has 2 aromatic rings. The fourth-order valence-electron chi connectivity index (χ4n) is 3.94. The summed E-state index contributed by atoms with van der Waals surface area (Å²) in [5.41, 5.74) is 2.04. The largest absolute Gasteiger partial charge is 0.459 e. The number of halogens is 1. The molecule has 0 N–H and O–H groups in total. The Morgan fingerprint density at radius 2 is 2.00 bits per heavy atom. The Morgan fingerprint density at radius 1 is 1.35 bits per heavy atom. The highest BCUT2D eigenvalue weighted by Gasteiger charge is 2.75.